The fourth-order valence-electron chi connectivity index (χ4n) is 5.11. The number of aromatic hydroxyl groups is 1. The monoisotopic (exact) mass is 476 g/mol. The van der Waals surface area contributed by atoms with Crippen LogP contribution < -0.4 is 5.43 Å². The molecule has 0 unspecified atom stereocenters. The Morgan fingerprint density at radius 2 is 2.06 bits per heavy atom. The van der Waals surface area contributed by atoms with Crippen LogP contribution in [0.4, 0.5) is 4.39 Å². The van der Waals surface area contributed by atoms with Gasteiger partial charge in [-0.2, -0.15) is 0 Å². The number of benzene rings is 1. The molecule has 176 valence electrons. The smallest absolute Gasteiger partial charge is 0.274 e. The van der Waals surface area contributed by atoms with Gasteiger partial charge in [0, 0.05) is 39.4 Å². The van der Waals surface area contributed by atoms with Crippen molar-refractivity contribution in [3.63, 3.8) is 0 Å². The van der Waals surface area contributed by atoms with E-state index in [9.17, 15) is 23.9 Å². The van der Waals surface area contributed by atoms with E-state index in [0.29, 0.717) is 32.5 Å². The van der Waals surface area contributed by atoms with Crippen LogP contribution in [0.3, 0.4) is 0 Å². The standard InChI is InChI=1S/C24H26ClFN2O5/c1-3-27-13-24(9-14(10-24)12-33-2)28-11-16(21(30)22(31)20(28)23(27)32)18(29)8-7-15-5-4-6-17(25)19(15)26/h4-6,11,14,31H,3,7-10,12-13H2,1-2H3. The van der Waals surface area contributed by atoms with Gasteiger partial charge in [-0.15, -0.1) is 0 Å². The number of carbonyl (C=O) groups excluding carboxylic acids is 2. The Labute approximate surface area is 195 Å². The van der Waals surface area contributed by atoms with Crippen LogP contribution in [-0.2, 0) is 16.7 Å². The molecule has 0 radical (unpaired) electrons. The molecule has 2 aliphatic rings. The maximum absolute atomic E-state index is 14.2. The zero-order chi connectivity index (χ0) is 23.9. The number of rotatable bonds is 7. The first-order valence-corrected chi connectivity index (χ1v) is 11.3. The first kappa shape index (κ1) is 23.4. The van der Waals surface area contributed by atoms with Crippen molar-refractivity contribution in [3.05, 3.63) is 62.3 Å². The number of halogens is 2. The molecule has 1 spiro atoms. The van der Waals surface area contributed by atoms with Crippen molar-refractivity contribution >= 4 is 23.3 Å². The van der Waals surface area contributed by atoms with Gasteiger partial charge >= 0.3 is 0 Å². The lowest BCUT2D eigenvalue weighted by molar-refractivity contribution is -0.0224. The number of likely N-dealkylation sites (N-methyl/N-ethyl adjacent to an activating group) is 1. The molecular weight excluding hydrogens is 451 g/mol. The van der Waals surface area contributed by atoms with Crippen molar-refractivity contribution in [2.45, 2.75) is 38.1 Å². The summed E-state index contributed by atoms with van der Waals surface area (Å²) in [6.45, 7) is 3.28. The summed E-state index contributed by atoms with van der Waals surface area (Å²) in [4.78, 5) is 40.4. The molecule has 0 atom stereocenters. The number of fused-ring (bicyclic) bond motifs is 2. The fraction of sp³-hybridized carbons (Fsp3) is 0.458. The number of aromatic nitrogens is 1. The summed E-state index contributed by atoms with van der Waals surface area (Å²) in [5, 5.41) is 10.7. The minimum absolute atomic E-state index is 0.0389. The predicted molar refractivity (Wildman–Crippen MR) is 121 cm³/mol. The molecule has 1 amide bonds. The van der Waals surface area contributed by atoms with Crippen molar-refractivity contribution in [2.24, 2.45) is 5.92 Å². The molecule has 1 aliphatic carbocycles. The summed E-state index contributed by atoms with van der Waals surface area (Å²) >= 11 is 5.81. The van der Waals surface area contributed by atoms with E-state index >= 15 is 0 Å². The highest BCUT2D eigenvalue weighted by molar-refractivity contribution is 6.30. The van der Waals surface area contributed by atoms with Crippen LogP contribution in [0.5, 0.6) is 5.75 Å². The Morgan fingerprint density at radius 1 is 1.33 bits per heavy atom. The Balaban J connectivity index is 1.69. The molecule has 1 aromatic carbocycles. The van der Waals surface area contributed by atoms with Gasteiger partial charge in [0.15, 0.2) is 17.2 Å². The Hall–Kier alpha value is -2.71. The van der Waals surface area contributed by atoms with Crippen molar-refractivity contribution < 1.29 is 23.8 Å². The van der Waals surface area contributed by atoms with E-state index in [1.54, 1.807) is 22.6 Å². The summed E-state index contributed by atoms with van der Waals surface area (Å²) in [5.41, 5.74) is -1.41. The third-order valence-electron chi connectivity index (χ3n) is 6.74. The third kappa shape index (κ3) is 3.95. The molecule has 1 saturated carbocycles. The highest BCUT2D eigenvalue weighted by atomic mass is 35.5. The zero-order valence-corrected chi connectivity index (χ0v) is 19.3. The Morgan fingerprint density at radius 3 is 2.73 bits per heavy atom. The number of aryl methyl sites for hydroxylation is 1. The van der Waals surface area contributed by atoms with Gasteiger partial charge < -0.3 is 19.3 Å². The van der Waals surface area contributed by atoms with Gasteiger partial charge in [-0.1, -0.05) is 23.7 Å². The maximum Gasteiger partial charge on any atom is 0.274 e. The van der Waals surface area contributed by atoms with Crippen molar-refractivity contribution in [1.29, 1.82) is 0 Å². The van der Waals surface area contributed by atoms with Gasteiger partial charge in [0.05, 0.1) is 16.1 Å². The van der Waals surface area contributed by atoms with Crippen LogP contribution in [0.2, 0.25) is 5.02 Å². The molecule has 2 aromatic rings. The molecule has 1 aromatic heterocycles. The van der Waals surface area contributed by atoms with Crippen molar-refractivity contribution in [1.82, 2.24) is 9.47 Å². The maximum atomic E-state index is 14.2. The van der Waals surface area contributed by atoms with Crippen LogP contribution in [-0.4, -0.2) is 53.1 Å². The second kappa shape index (κ2) is 8.91. The molecule has 4 rings (SSSR count). The number of hydrogen-bond acceptors (Lipinski definition) is 5. The normalized spacial score (nSPS) is 21.8. The van der Waals surface area contributed by atoms with Gasteiger partial charge in [0.1, 0.15) is 5.82 Å². The van der Waals surface area contributed by atoms with Crippen LogP contribution >= 0.6 is 11.6 Å². The summed E-state index contributed by atoms with van der Waals surface area (Å²) in [6.07, 6.45) is 2.71. The lowest BCUT2D eigenvalue weighted by Crippen LogP contribution is -2.61. The van der Waals surface area contributed by atoms with E-state index in [1.165, 1.54) is 18.3 Å². The summed E-state index contributed by atoms with van der Waals surface area (Å²) < 4.78 is 21.1. The van der Waals surface area contributed by atoms with E-state index in [0.717, 1.165) is 0 Å². The van der Waals surface area contributed by atoms with Gasteiger partial charge in [-0.05, 0) is 43.7 Å². The van der Waals surface area contributed by atoms with E-state index in [2.05, 4.69) is 0 Å². The predicted octanol–water partition coefficient (Wildman–Crippen LogP) is 3.39. The lowest BCUT2D eigenvalue weighted by Gasteiger charge is -2.54. The number of ether oxygens (including phenoxy) is 1. The van der Waals surface area contributed by atoms with E-state index < -0.39 is 34.2 Å². The molecule has 1 N–H and O–H groups in total. The number of amides is 1. The average molecular weight is 477 g/mol. The molecule has 9 heteroatoms. The summed E-state index contributed by atoms with van der Waals surface area (Å²) in [6, 6.07) is 4.54. The molecule has 0 saturated heterocycles. The van der Waals surface area contributed by atoms with E-state index in [1.807, 2.05) is 6.92 Å². The second-order valence-corrected chi connectivity index (χ2v) is 9.26. The topological polar surface area (TPSA) is 88.8 Å². The minimum Gasteiger partial charge on any atom is -0.503 e. The van der Waals surface area contributed by atoms with Gasteiger partial charge in [0.25, 0.3) is 5.91 Å². The first-order chi connectivity index (χ1) is 15.7. The van der Waals surface area contributed by atoms with Crippen LogP contribution in [0, 0.1) is 11.7 Å². The highest BCUT2D eigenvalue weighted by Crippen LogP contribution is 2.48. The zero-order valence-electron chi connectivity index (χ0n) is 18.6. The van der Waals surface area contributed by atoms with E-state index in [-0.39, 0.29) is 40.6 Å². The number of ketones is 1. The number of nitrogens with zero attached hydrogens (tertiary/aromatic N) is 2. The average Bonchev–Trinajstić information content (AvgIpc) is 2.77. The lowest BCUT2D eigenvalue weighted by atomic mass is 9.66. The van der Waals surface area contributed by atoms with Gasteiger partial charge in [-0.25, -0.2) is 4.39 Å². The van der Waals surface area contributed by atoms with Crippen LogP contribution in [0.25, 0.3) is 0 Å². The molecule has 33 heavy (non-hydrogen) atoms. The van der Waals surface area contributed by atoms with Gasteiger partial charge in [-0.3, -0.25) is 14.4 Å². The highest BCUT2D eigenvalue weighted by Gasteiger charge is 2.52. The quantitative estimate of drug-likeness (QED) is 0.619. The summed E-state index contributed by atoms with van der Waals surface area (Å²) in [7, 11) is 1.63. The number of methoxy groups -OCH3 is 1. The van der Waals surface area contributed by atoms with Crippen molar-refractivity contribution in [2.75, 3.05) is 26.8 Å². The number of pyridine rings is 1. The second-order valence-electron chi connectivity index (χ2n) is 8.85. The SMILES string of the molecule is CCN1CC2(CC(COC)C2)n2cc(C(=O)CCc3cccc(Cl)c3F)c(=O)c(O)c2C1=O. The van der Waals surface area contributed by atoms with Crippen molar-refractivity contribution in [3.8, 4) is 5.75 Å². The molecule has 1 fully saturated rings. The minimum atomic E-state index is -0.882. The fourth-order valence-corrected chi connectivity index (χ4v) is 5.30. The third-order valence-corrected chi connectivity index (χ3v) is 7.04. The van der Waals surface area contributed by atoms with Crippen LogP contribution in [0.1, 0.15) is 52.6 Å². The number of Topliss-reactive ketones (excluding diaryl/α,β-unsaturated/α-hetero) is 1. The summed E-state index contributed by atoms with van der Waals surface area (Å²) in [5.74, 6) is -2.00. The molecule has 1 aliphatic heterocycles. The van der Waals surface area contributed by atoms with E-state index in [4.69, 9.17) is 16.3 Å². The molecule has 0 bridgehead atoms. The molecule has 2 heterocycles. The Kier molecular flexibility index (Phi) is 6.33. The first-order valence-electron chi connectivity index (χ1n) is 11.0. The van der Waals surface area contributed by atoms with Gasteiger partial charge in [0.2, 0.25) is 5.43 Å². The largest absolute Gasteiger partial charge is 0.503 e. The molecule has 7 nitrogen and oxygen atoms in total. The number of carbonyl (C=O) groups is 2. The molecular formula is C24H26ClFN2O5. The number of hydrogen-bond donors (Lipinski definition) is 1. The van der Waals surface area contributed by atoms with Crippen LogP contribution in [0.15, 0.2) is 29.2 Å². The Bertz CT molecular complexity index is 1170.